The lowest BCUT2D eigenvalue weighted by atomic mass is 10.1. The maximum Gasteiger partial charge on any atom is 0.261 e. The summed E-state index contributed by atoms with van der Waals surface area (Å²) >= 11 is 0. The SMILES string of the molecule is COc1ccc(OCC(=O)N2CC(=O)N(CCc3ccccc3)CC(O)C2)cc1. The first-order chi connectivity index (χ1) is 14.0. The van der Waals surface area contributed by atoms with E-state index in [0.29, 0.717) is 24.5 Å². The van der Waals surface area contributed by atoms with Crippen molar-refractivity contribution in [3.63, 3.8) is 0 Å². The van der Waals surface area contributed by atoms with E-state index in [1.807, 2.05) is 30.3 Å². The Hall–Kier alpha value is -3.06. The predicted octanol–water partition coefficient (Wildman–Crippen LogP) is 1.35. The standard InChI is InChI=1S/C22H26N2O5/c1-28-19-7-9-20(10-8-19)29-16-22(27)24-14-18(25)13-23(21(26)15-24)12-11-17-5-3-2-4-6-17/h2-10,18,25H,11-16H2,1H3. The molecular weight excluding hydrogens is 372 g/mol. The van der Waals surface area contributed by atoms with Gasteiger partial charge < -0.3 is 24.4 Å². The minimum atomic E-state index is -0.790. The van der Waals surface area contributed by atoms with Crippen LogP contribution in [0.4, 0.5) is 0 Å². The zero-order valence-electron chi connectivity index (χ0n) is 16.5. The number of nitrogens with zero attached hydrogens (tertiary/aromatic N) is 2. The maximum atomic E-state index is 12.6. The largest absolute Gasteiger partial charge is 0.497 e. The van der Waals surface area contributed by atoms with Gasteiger partial charge in [-0.05, 0) is 36.2 Å². The molecular formula is C22H26N2O5. The molecule has 1 heterocycles. The van der Waals surface area contributed by atoms with Gasteiger partial charge in [0, 0.05) is 19.6 Å². The molecule has 1 saturated heterocycles. The van der Waals surface area contributed by atoms with Crippen LogP contribution in [0.2, 0.25) is 0 Å². The van der Waals surface area contributed by atoms with Crippen molar-refractivity contribution in [2.75, 3.05) is 39.9 Å². The highest BCUT2D eigenvalue weighted by atomic mass is 16.5. The predicted molar refractivity (Wildman–Crippen MR) is 108 cm³/mol. The van der Waals surface area contributed by atoms with Crippen LogP contribution in [0.1, 0.15) is 5.56 Å². The van der Waals surface area contributed by atoms with Crippen molar-refractivity contribution < 1.29 is 24.2 Å². The summed E-state index contributed by atoms with van der Waals surface area (Å²) in [5, 5.41) is 10.3. The number of carbonyl (C=O) groups excluding carboxylic acids is 2. The summed E-state index contributed by atoms with van der Waals surface area (Å²) < 4.78 is 10.6. The van der Waals surface area contributed by atoms with Gasteiger partial charge in [0.1, 0.15) is 11.5 Å². The molecule has 2 amide bonds. The van der Waals surface area contributed by atoms with E-state index in [0.717, 1.165) is 5.56 Å². The summed E-state index contributed by atoms with van der Waals surface area (Å²) in [4.78, 5) is 28.1. The van der Waals surface area contributed by atoms with Crippen LogP contribution in [0.3, 0.4) is 0 Å². The molecule has 1 N–H and O–H groups in total. The molecule has 3 rings (SSSR count). The second-order valence-corrected chi connectivity index (χ2v) is 6.97. The van der Waals surface area contributed by atoms with Crippen LogP contribution in [0, 0.1) is 0 Å². The highest BCUT2D eigenvalue weighted by molar-refractivity contribution is 5.86. The van der Waals surface area contributed by atoms with Crippen molar-refractivity contribution in [3.05, 3.63) is 60.2 Å². The van der Waals surface area contributed by atoms with Crippen LogP contribution in [-0.2, 0) is 16.0 Å². The first kappa shape index (κ1) is 20.7. The molecule has 1 aliphatic heterocycles. The summed E-state index contributed by atoms with van der Waals surface area (Å²) in [6.45, 7) is 0.574. The fraction of sp³-hybridized carbons (Fsp3) is 0.364. The van der Waals surface area contributed by atoms with Crippen LogP contribution in [0.15, 0.2) is 54.6 Å². The molecule has 2 aromatic carbocycles. The molecule has 1 aliphatic rings. The average Bonchev–Trinajstić information content (AvgIpc) is 2.89. The van der Waals surface area contributed by atoms with E-state index in [4.69, 9.17) is 9.47 Å². The van der Waals surface area contributed by atoms with Crippen LogP contribution in [-0.4, -0.2) is 72.7 Å². The van der Waals surface area contributed by atoms with Crippen molar-refractivity contribution >= 4 is 11.8 Å². The molecule has 7 nitrogen and oxygen atoms in total. The number of methoxy groups -OCH3 is 1. The van der Waals surface area contributed by atoms with Gasteiger partial charge in [-0.1, -0.05) is 30.3 Å². The Kier molecular flexibility index (Phi) is 7.08. The van der Waals surface area contributed by atoms with E-state index in [-0.39, 0.29) is 38.1 Å². The molecule has 154 valence electrons. The maximum absolute atomic E-state index is 12.6. The minimum Gasteiger partial charge on any atom is -0.497 e. The zero-order chi connectivity index (χ0) is 20.6. The highest BCUT2D eigenvalue weighted by Crippen LogP contribution is 2.17. The van der Waals surface area contributed by atoms with E-state index >= 15 is 0 Å². The van der Waals surface area contributed by atoms with Gasteiger partial charge >= 0.3 is 0 Å². The number of carbonyl (C=O) groups is 2. The number of amides is 2. The van der Waals surface area contributed by atoms with Crippen molar-refractivity contribution in [2.24, 2.45) is 0 Å². The van der Waals surface area contributed by atoms with E-state index in [1.54, 1.807) is 36.3 Å². The van der Waals surface area contributed by atoms with E-state index in [2.05, 4.69) is 0 Å². The Morgan fingerprint density at radius 1 is 1.07 bits per heavy atom. The van der Waals surface area contributed by atoms with Gasteiger partial charge in [-0.2, -0.15) is 0 Å². The van der Waals surface area contributed by atoms with E-state index in [1.165, 1.54) is 4.90 Å². The summed E-state index contributed by atoms with van der Waals surface area (Å²) in [5.41, 5.74) is 1.12. The Balaban J connectivity index is 1.53. The second-order valence-electron chi connectivity index (χ2n) is 6.97. The first-order valence-electron chi connectivity index (χ1n) is 9.59. The van der Waals surface area contributed by atoms with Crippen LogP contribution >= 0.6 is 0 Å². The summed E-state index contributed by atoms with van der Waals surface area (Å²) in [6, 6.07) is 16.8. The fourth-order valence-corrected chi connectivity index (χ4v) is 3.22. The molecule has 1 atom stereocenters. The van der Waals surface area contributed by atoms with Gasteiger partial charge in [-0.3, -0.25) is 9.59 Å². The number of aliphatic hydroxyl groups is 1. The normalized spacial score (nSPS) is 17.0. The van der Waals surface area contributed by atoms with Crippen LogP contribution in [0.25, 0.3) is 0 Å². The van der Waals surface area contributed by atoms with Gasteiger partial charge in [0.15, 0.2) is 6.61 Å². The number of β-amino-alcohol motifs (C(OH)–C–C–N with tert-alkyl or cyclic N) is 1. The number of hydrogen-bond acceptors (Lipinski definition) is 5. The minimum absolute atomic E-state index is 0.0589. The third-order valence-corrected chi connectivity index (χ3v) is 4.83. The topological polar surface area (TPSA) is 79.3 Å². The molecule has 1 fully saturated rings. The Morgan fingerprint density at radius 3 is 2.45 bits per heavy atom. The number of rotatable bonds is 7. The van der Waals surface area contributed by atoms with Crippen molar-refractivity contribution in [1.29, 1.82) is 0 Å². The van der Waals surface area contributed by atoms with E-state index in [9.17, 15) is 14.7 Å². The Bertz CT molecular complexity index is 810. The molecule has 0 aliphatic carbocycles. The van der Waals surface area contributed by atoms with Gasteiger partial charge in [-0.25, -0.2) is 0 Å². The third-order valence-electron chi connectivity index (χ3n) is 4.83. The first-order valence-corrected chi connectivity index (χ1v) is 9.59. The lowest BCUT2D eigenvalue weighted by Gasteiger charge is -2.22. The lowest BCUT2D eigenvalue weighted by Crippen LogP contribution is -2.42. The molecule has 0 aromatic heterocycles. The van der Waals surface area contributed by atoms with Gasteiger partial charge in [0.25, 0.3) is 5.91 Å². The van der Waals surface area contributed by atoms with Crippen LogP contribution in [0.5, 0.6) is 11.5 Å². The highest BCUT2D eigenvalue weighted by Gasteiger charge is 2.29. The van der Waals surface area contributed by atoms with Crippen LogP contribution < -0.4 is 9.47 Å². The molecule has 0 bridgehead atoms. The molecule has 2 aromatic rings. The molecule has 1 unspecified atom stereocenters. The van der Waals surface area contributed by atoms with Crippen molar-refractivity contribution in [3.8, 4) is 11.5 Å². The van der Waals surface area contributed by atoms with Crippen molar-refractivity contribution in [2.45, 2.75) is 12.5 Å². The third kappa shape index (κ3) is 5.96. The lowest BCUT2D eigenvalue weighted by molar-refractivity contribution is -0.140. The van der Waals surface area contributed by atoms with Gasteiger partial charge in [0.2, 0.25) is 5.91 Å². The summed E-state index contributed by atoms with van der Waals surface area (Å²) in [7, 11) is 1.57. The molecule has 0 saturated carbocycles. The molecule has 0 spiro atoms. The zero-order valence-corrected chi connectivity index (χ0v) is 16.5. The average molecular weight is 398 g/mol. The number of hydrogen-bond donors (Lipinski definition) is 1. The molecule has 7 heteroatoms. The number of benzene rings is 2. The van der Waals surface area contributed by atoms with E-state index < -0.39 is 6.10 Å². The number of ether oxygens (including phenoxy) is 2. The van der Waals surface area contributed by atoms with Crippen molar-refractivity contribution in [1.82, 2.24) is 9.80 Å². The quantitative estimate of drug-likeness (QED) is 0.762. The smallest absolute Gasteiger partial charge is 0.261 e. The fourth-order valence-electron chi connectivity index (χ4n) is 3.22. The second kappa shape index (κ2) is 9.93. The van der Waals surface area contributed by atoms with Gasteiger partial charge in [-0.15, -0.1) is 0 Å². The monoisotopic (exact) mass is 398 g/mol. The summed E-state index contributed by atoms with van der Waals surface area (Å²) in [6.07, 6.45) is -0.0875. The Morgan fingerprint density at radius 2 is 1.76 bits per heavy atom. The number of aliphatic hydroxyl groups excluding tert-OH is 1. The van der Waals surface area contributed by atoms with Gasteiger partial charge in [0.05, 0.1) is 19.8 Å². The molecule has 0 radical (unpaired) electrons. The summed E-state index contributed by atoms with van der Waals surface area (Å²) in [5.74, 6) is 0.722. The molecule has 29 heavy (non-hydrogen) atoms. The Labute approximate surface area is 170 Å².